The van der Waals surface area contributed by atoms with Crippen LogP contribution in [0.4, 0.5) is 5.69 Å². The summed E-state index contributed by atoms with van der Waals surface area (Å²) in [5.41, 5.74) is 3.28. The number of nitrogens with one attached hydrogen (secondary N) is 2. The number of carbonyl (C=O) groups excluding carboxylic acids is 1. The molecule has 4 atom stereocenters. The van der Waals surface area contributed by atoms with Gasteiger partial charge in [-0.15, -0.1) is 0 Å². The van der Waals surface area contributed by atoms with E-state index in [2.05, 4.69) is 16.7 Å². The number of amides is 1. The predicted molar refractivity (Wildman–Crippen MR) is 82.3 cm³/mol. The lowest BCUT2D eigenvalue weighted by molar-refractivity contribution is 0.0943. The van der Waals surface area contributed by atoms with Crippen LogP contribution >= 0.6 is 0 Å². The topological polar surface area (TPSA) is 41.1 Å². The van der Waals surface area contributed by atoms with Gasteiger partial charge < -0.3 is 10.6 Å². The molecule has 2 bridgehead atoms. The van der Waals surface area contributed by atoms with Crippen LogP contribution in [0.2, 0.25) is 0 Å². The van der Waals surface area contributed by atoms with Crippen LogP contribution in [0.3, 0.4) is 0 Å². The van der Waals surface area contributed by atoms with Gasteiger partial charge in [0, 0.05) is 23.8 Å². The lowest BCUT2D eigenvalue weighted by Crippen LogP contribution is -2.31. The highest BCUT2D eigenvalue weighted by atomic mass is 16.1. The molecule has 3 saturated carbocycles. The normalized spacial score (nSPS) is 38.4. The van der Waals surface area contributed by atoms with Crippen molar-refractivity contribution >= 4 is 11.6 Å². The molecule has 1 heterocycles. The van der Waals surface area contributed by atoms with E-state index < -0.39 is 0 Å². The van der Waals surface area contributed by atoms with Crippen molar-refractivity contribution in [1.29, 1.82) is 0 Å². The fraction of sp³-hybridized carbons (Fsp3) is 0.611. The molecular formula is C18H22N2O. The smallest absolute Gasteiger partial charge is 0.251 e. The Kier molecular flexibility index (Phi) is 2.44. The standard InChI is InChI=1S/C18H22N2O/c21-18(13-3-1-5-14-12(13)4-2-8-19-14)20-17-15-10-6-7-11(9-10)16(15)17/h1,3,5,10-11,15-17,19H,2,4,6-9H2,(H,20,21). The molecule has 3 nitrogen and oxygen atoms in total. The molecule has 3 aliphatic carbocycles. The van der Waals surface area contributed by atoms with Crippen molar-refractivity contribution < 1.29 is 4.79 Å². The maximum atomic E-state index is 12.7. The third kappa shape index (κ3) is 1.69. The molecule has 1 amide bonds. The molecule has 5 rings (SSSR count). The molecule has 0 spiro atoms. The Labute approximate surface area is 125 Å². The summed E-state index contributed by atoms with van der Waals surface area (Å²) in [4.78, 5) is 12.7. The Morgan fingerprint density at radius 2 is 2.00 bits per heavy atom. The lowest BCUT2D eigenvalue weighted by Gasteiger charge is -2.21. The van der Waals surface area contributed by atoms with E-state index in [1.807, 2.05) is 12.1 Å². The van der Waals surface area contributed by atoms with Gasteiger partial charge in [0.2, 0.25) is 0 Å². The zero-order chi connectivity index (χ0) is 14.0. The van der Waals surface area contributed by atoms with Crippen LogP contribution in [-0.2, 0) is 6.42 Å². The zero-order valence-electron chi connectivity index (χ0n) is 12.3. The molecule has 3 fully saturated rings. The summed E-state index contributed by atoms with van der Waals surface area (Å²) in [6.45, 7) is 1.02. The summed E-state index contributed by atoms with van der Waals surface area (Å²) in [5.74, 6) is 3.61. The molecule has 3 heteroatoms. The number of benzene rings is 1. The Morgan fingerprint density at radius 1 is 1.19 bits per heavy atom. The van der Waals surface area contributed by atoms with E-state index in [1.165, 1.54) is 24.8 Å². The minimum Gasteiger partial charge on any atom is -0.385 e. The molecule has 4 unspecified atom stereocenters. The summed E-state index contributed by atoms with van der Waals surface area (Å²) in [6.07, 6.45) is 6.39. The molecular weight excluding hydrogens is 260 g/mol. The number of hydrogen-bond donors (Lipinski definition) is 2. The molecule has 0 radical (unpaired) electrons. The van der Waals surface area contributed by atoms with Gasteiger partial charge in [-0.1, -0.05) is 6.07 Å². The molecule has 1 aromatic carbocycles. The van der Waals surface area contributed by atoms with Gasteiger partial charge in [0.25, 0.3) is 5.91 Å². The fourth-order valence-electron chi connectivity index (χ4n) is 5.47. The fourth-order valence-corrected chi connectivity index (χ4v) is 5.47. The van der Waals surface area contributed by atoms with Crippen molar-refractivity contribution in [3.63, 3.8) is 0 Å². The van der Waals surface area contributed by atoms with E-state index >= 15 is 0 Å². The summed E-state index contributed by atoms with van der Waals surface area (Å²) in [5, 5.41) is 6.77. The summed E-state index contributed by atoms with van der Waals surface area (Å²) in [7, 11) is 0. The van der Waals surface area contributed by atoms with Crippen LogP contribution in [0.25, 0.3) is 0 Å². The molecule has 1 aromatic rings. The van der Waals surface area contributed by atoms with Gasteiger partial charge in [0.1, 0.15) is 0 Å². The van der Waals surface area contributed by atoms with E-state index in [0.29, 0.717) is 6.04 Å². The summed E-state index contributed by atoms with van der Waals surface area (Å²) >= 11 is 0. The number of hydrogen-bond acceptors (Lipinski definition) is 2. The molecule has 0 saturated heterocycles. The monoisotopic (exact) mass is 282 g/mol. The van der Waals surface area contributed by atoms with Gasteiger partial charge >= 0.3 is 0 Å². The van der Waals surface area contributed by atoms with Crippen LogP contribution in [0.15, 0.2) is 18.2 Å². The Morgan fingerprint density at radius 3 is 2.81 bits per heavy atom. The van der Waals surface area contributed by atoms with Crippen LogP contribution in [0.5, 0.6) is 0 Å². The quantitative estimate of drug-likeness (QED) is 0.876. The van der Waals surface area contributed by atoms with E-state index in [9.17, 15) is 4.79 Å². The molecule has 110 valence electrons. The second kappa shape index (κ2) is 4.25. The highest BCUT2D eigenvalue weighted by Crippen LogP contribution is 2.65. The first-order chi connectivity index (χ1) is 10.3. The Bertz CT molecular complexity index is 595. The van der Waals surface area contributed by atoms with Gasteiger partial charge in [-0.05, 0) is 73.5 Å². The predicted octanol–water partition coefficient (Wildman–Crippen LogP) is 2.82. The number of carbonyl (C=O) groups is 1. The van der Waals surface area contributed by atoms with Crippen molar-refractivity contribution in [2.75, 3.05) is 11.9 Å². The van der Waals surface area contributed by atoms with Gasteiger partial charge in [-0.25, -0.2) is 0 Å². The molecule has 1 aliphatic heterocycles. The van der Waals surface area contributed by atoms with Gasteiger partial charge in [0.05, 0.1) is 0 Å². The first-order valence-electron chi connectivity index (χ1n) is 8.49. The first kappa shape index (κ1) is 12.1. The van der Waals surface area contributed by atoms with E-state index in [0.717, 1.165) is 54.3 Å². The number of fused-ring (bicyclic) bond motifs is 6. The van der Waals surface area contributed by atoms with Crippen LogP contribution in [0.1, 0.15) is 41.6 Å². The molecule has 4 aliphatic rings. The second-order valence-corrected chi connectivity index (χ2v) is 7.35. The molecule has 2 N–H and O–H groups in total. The van der Waals surface area contributed by atoms with E-state index in [4.69, 9.17) is 0 Å². The number of anilines is 1. The van der Waals surface area contributed by atoms with Crippen molar-refractivity contribution in [1.82, 2.24) is 5.32 Å². The van der Waals surface area contributed by atoms with E-state index in [1.54, 1.807) is 0 Å². The minimum atomic E-state index is 0.161. The highest BCUT2D eigenvalue weighted by Gasteiger charge is 2.65. The third-order valence-electron chi connectivity index (χ3n) is 6.37. The molecule has 0 aromatic heterocycles. The largest absolute Gasteiger partial charge is 0.385 e. The Hall–Kier alpha value is -1.51. The summed E-state index contributed by atoms with van der Waals surface area (Å²) < 4.78 is 0. The van der Waals surface area contributed by atoms with Crippen molar-refractivity contribution in [3.05, 3.63) is 29.3 Å². The van der Waals surface area contributed by atoms with Crippen LogP contribution < -0.4 is 10.6 Å². The van der Waals surface area contributed by atoms with Gasteiger partial charge in [-0.3, -0.25) is 4.79 Å². The van der Waals surface area contributed by atoms with Crippen LogP contribution in [-0.4, -0.2) is 18.5 Å². The van der Waals surface area contributed by atoms with Crippen molar-refractivity contribution in [2.45, 2.75) is 38.1 Å². The second-order valence-electron chi connectivity index (χ2n) is 7.35. The number of rotatable bonds is 2. The Balaban J connectivity index is 1.36. The van der Waals surface area contributed by atoms with Crippen molar-refractivity contribution in [3.8, 4) is 0 Å². The average Bonchev–Trinajstić information content (AvgIpc) is 2.91. The first-order valence-corrected chi connectivity index (χ1v) is 8.49. The SMILES string of the molecule is O=C(NC1C2C3CCC(C3)C12)c1cccc2c1CCCN2. The highest BCUT2D eigenvalue weighted by molar-refractivity contribution is 5.97. The van der Waals surface area contributed by atoms with E-state index in [-0.39, 0.29) is 5.91 Å². The van der Waals surface area contributed by atoms with Crippen LogP contribution in [0, 0.1) is 23.7 Å². The maximum Gasteiger partial charge on any atom is 0.251 e. The molecule has 21 heavy (non-hydrogen) atoms. The average molecular weight is 282 g/mol. The maximum absolute atomic E-state index is 12.7. The summed E-state index contributed by atoms with van der Waals surface area (Å²) in [6, 6.07) is 6.57. The zero-order valence-corrected chi connectivity index (χ0v) is 12.3. The minimum absolute atomic E-state index is 0.161. The lowest BCUT2D eigenvalue weighted by atomic mass is 9.97. The van der Waals surface area contributed by atoms with Crippen molar-refractivity contribution in [2.24, 2.45) is 23.7 Å². The van der Waals surface area contributed by atoms with Gasteiger partial charge in [0.15, 0.2) is 0 Å². The third-order valence-corrected chi connectivity index (χ3v) is 6.37. The van der Waals surface area contributed by atoms with Gasteiger partial charge in [-0.2, -0.15) is 0 Å².